The summed E-state index contributed by atoms with van der Waals surface area (Å²) >= 11 is 0. The van der Waals surface area contributed by atoms with Crippen LogP contribution >= 0.6 is 0 Å². The average molecular weight is 392 g/mol. The zero-order chi connectivity index (χ0) is 20.0. The fraction of sp³-hybridized carbons (Fsp3) is 0.458. The molecule has 3 aliphatic rings. The summed E-state index contributed by atoms with van der Waals surface area (Å²) in [6.07, 6.45) is 0.681. The number of amides is 1. The normalized spacial score (nSPS) is 22.8. The van der Waals surface area contributed by atoms with Crippen LogP contribution in [0.3, 0.4) is 0 Å². The van der Waals surface area contributed by atoms with Crippen LogP contribution in [0, 0.1) is 11.3 Å². The lowest BCUT2D eigenvalue weighted by atomic mass is 9.65. The molecule has 1 N–H and O–H groups in total. The summed E-state index contributed by atoms with van der Waals surface area (Å²) in [6, 6.07) is 16.8. The number of aliphatic hydroxyl groups excluding tert-OH is 1. The van der Waals surface area contributed by atoms with Gasteiger partial charge in [0, 0.05) is 50.0 Å². The molecule has 5 heteroatoms. The van der Waals surface area contributed by atoms with Crippen LogP contribution in [0.1, 0.15) is 23.5 Å². The number of nitrogens with zero attached hydrogens (tertiary/aromatic N) is 2. The lowest BCUT2D eigenvalue weighted by molar-refractivity contribution is -0.0915. The van der Waals surface area contributed by atoms with Gasteiger partial charge < -0.3 is 19.6 Å². The van der Waals surface area contributed by atoms with Crippen LogP contribution in [-0.2, 0) is 4.74 Å². The topological polar surface area (TPSA) is 53.0 Å². The summed E-state index contributed by atoms with van der Waals surface area (Å²) in [5, 5.41) is 9.90. The van der Waals surface area contributed by atoms with E-state index in [0.717, 1.165) is 19.5 Å². The van der Waals surface area contributed by atoms with Crippen molar-refractivity contribution in [1.82, 2.24) is 9.80 Å². The Balaban J connectivity index is 1.27. The predicted octanol–water partition coefficient (Wildman–Crippen LogP) is 3.18. The van der Waals surface area contributed by atoms with Crippen molar-refractivity contribution in [2.75, 3.05) is 46.4 Å². The lowest BCUT2D eigenvalue weighted by Gasteiger charge is -2.56. The van der Waals surface area contributed by atoms with Crippen molar-refractivity contribution >= 4 is 6.09 Å². The Hall–Kier alpha value is -2.37. The maximum Gasteiger partial charge on any atom is 0.409 e. The zero-order valence-corrected chi connectivity index (χ0v) is 16.9. The standard InChI is InChI=1S/C24H28N2O3/c1-25-15-24(16-25)10-11-26(12-17(24)13-27)23(28)29-14-22-20-8-4-2-6-18(20)19-7-3-5-9-21(19)22/h2-9,17,22,27H,10-16H2,1H3. The maximum atomic E-state index is 12.8. The average Bonchev–Trinajstić information content (AvgIpc) is 3.05. The van der Waals surface area contributed by atoms with E-state index in [-0.39, 0.29) is 30.0 Å². The molecule has 2 saturated heterocycles. The third-order valence-electron chi connectivity index (χ3n) is 7.17. The summed E-state index contributed by atoms with van der Waals surface area (Å²) in [4.78, 5) is 16.9. The molecule has 1 aliphatic carbocycles. The van der Waals surface area contributed by atoms with Gasteiger partial charge in [0.2, 0.25) is 0 Å². The molecule has 2 aliphatic heterocycles. The second-order valence-electron chi connectivity index (χ2n) is 8.91. The Morgan fingerprint density at radius 3 is 2.31 bits per heavy atom. The van der Waals surface area contributed by atoms with Crippen molar-refractivity contribution in [3.8, 4) is 11.1 Å². The fourth-order valence-corrected chi connectivity index (χ4v) is 5.66. The number of carbonyl (C=O) groups excluding carboxylic acids is 1. The molecule has 0 radical (unpaired) electrons. The summed E-state index contributed by atoms with van der Waals surface area (Å²) in [6.45, 7) is 3.79. The number of fused-ring (bicyclic) bond motifs is 3. The smallest absolute Gasteiger partial charge is 0.409 e. The predicted molar refractivity (Wildman–Crippen MR) is 112 cm³/mol. The van der Waals surface area contributed by atoms with E-state index in [1.54, 1.807) is 4.90 Å². The first kappa shape index (κ1) is 18.6. The minimum absolute atomic E-state index is 0.0800. The van der Waals surface area contributed by atoms with E-state index in [0.29, 0.717) is 19.7 Å². The van der Waals surface area contributed by atoms with Crippen molar-refractivity contribution in [3.63, 3.8) is 0 Å². The van der Waals surface area contributed by atoms with Gasteiger partial charge in [0.25, 0.3) is 0 Å². The molecule has 5 nitrogen and oxygen atoms in total. The van der Waals surface area contributed by atoms with Gasteiger partial charge in [-0.05, 0) is 35.7 Å². The molecule has 2 aromatic carbocycles. The highest BCUT2D eigenvalue weighted by Gasteiger charge is 2.50. The van der Waals surface area contributed by atoms with Gasteiger partial charge in [-0.2, -0.15) is 0 Å². The molecule has 0 saturated carbocycles. The lowest BCUT2D eigenvalue weighted by Crippen LogP contribution is -2.64. The van der Waals surface area contributed by atoms with Crippen molar-refractivity contribution in [1.29, 1.82) is 0 Å². The first-order chi connectivity index (χ1) is 14.1. The number of piperidine rings is 1. The van der Waals surface area contributed by atoms with E-state index in [1.807, 2.05) is 12.1 Å². The second-order valence-corrected chi connectivity index (χ2v) is 8.91. The highest BCUT2D eigenvalue weighted by molar-refractivity contribution is 5.79. The molecule has 5 rings (SSSR count). The van der Waals surface area contributed by atoms with Gasteiger partial charge >= 0.3 is 6.09 Å². The molecular weight excluding hydrogens is 364 g/mol. The summed E-state index contributed by atoms with van der Waals surface area (Å²) in [5.74, 6) is 0.212. The Kier molecular flexibility index (Phi) is 4.60. The van der Waals surface area contributed by atoms with Crippen LogP contribution in [0.25, 0.3) is 11.1 Å². The molecule has 29 heavy (non-hydrogen) atoms. The largest absolute Gasteiger partial charge is 0.448 e. The highest BCUT2D eigenvalue weighted by Crippen LogP contribution is 2.45. The molecular formula is C24H28N2O3. The van der Waals surface area contributed by atoms with Crippen LogP contribution in [0.15, 0.2) is 48.5 Å². The van der Waals surface area contributed by atoms with Gasteiger partial charge in [0.1, 0.15) is 6.61 Å². The van der Waals surface area contributed by atoms with Crippen molar-refractivity contribution in [2.45, 2.75) is 12.3 Å². The van der Waals surface area contributed by atoms with E-state index in [1.165, 1.54) is 22.3 Å². The second kappa shape index (κ2) is 7.15. The molecule has 1 amide bonds. The summed E-state index contributed by atoms with van der Waals surface area (Å²) in [5.41, 5.74) is 5.09. The number of ether oxygens (including phenoxy) is 1. The number of likely N-dealkylation sites (tertiary alicyclic amines) is 2. The Labute approximate surface area is 171 Å². The maximum absolute atomic E-state index is 12.8. The van der Waals surface area contributed by atoms with E-state index in [2.05, 4.69) is 48.3 Å². The van der Waals surface area contributed by atoms with Gasteiger partial charge in [-0.15, -0.1) is 0 Å². The third-order valence-corrected chi connectivity index (χ3v) is 7.17. The first-order valence-corrected chi connectivity index (χ1v) is 10.5. The van der Waals surface area contributed by atoms with E-state index in [9.17, 15) is 9.90 Å². The van der Waals surface area contributed by atoms with Crippen LogP contribution < -0.4 is 0 Å². The van der Waals surface area contributed by atoms with Gasteiger partial charge in [-0.25, -0.2) is 4.79 Å². The van der Waals surface area contributed by atoms with Crippen LogP contribution in [-0.4, -0.2) is 67.4 Å². The molecule has 1 spiro atoms. The number of carbonyl (C=O) groups is 1. The van der Waals surface area contributed by atoms with Crippen LogP contribution in [0.2, 0.25) is 0 Å². The SMILES string of the molecule is CN1CC2(CCN(C(=O)OCC3c4ccccc4-c4ccccc43)CC2CO)C1. The number of hydrogen-bond donors (Lipinski definition) is 1. The highest BCUT2D eigenvalue weighted by atomic mass is 16.6. The van der Waals surface area contributed by atoms with Crippen molar-refractivity contribution < 1.29 is 14.6 Å². The molecule has 1 atom stereocenters. The number of benzene rings is 2. The molecule has 2 heterocycles. The fourth-order valence-electron chi connectivity index (χ4n) is 5.66. The summed E-state index contributed by atoms with van der Waals surface area (Å²) < 4.78 is 5.81. The van der Waals surface area contributed by atoms with Crippen molar-refractivity contribution in [2.24, 2.45) is 11.3 Å². The van der Waals surface area contributed by atoms with E-state index >= 15 is 0 Å². The van der Waals surface area contributed by atoms with Gasteiger partial charge in [0.15, 0.2) is 0 Å². The van der Waals surface area contributed by atoms with Crippen LogP contribution in [0.5, 0.6) is 0 Å². The minimum atomic E-state index is -0.257. The van der Waals surface area contributed by atoms with Gasteiger partial charge in [-0.1, -0.05) is 48.5 Å². The molecule has 0 bridgehead atoms. The summed E-state index contributed by atoms with van der Waals surface area (Å²) in [7, 11) is 2.11. The van der Waals surface area contributed by atoms with Crippen molar-refractivity contribution in [3.05, 3.63) is 59.7 Å². The Morgan fingerprint density at radius 1 is 1.10 bits per heavy atom. The quantitative estimate of drug-likeness (QED) is 0.872. The molecule has 2 aromatic rings. The Bertz CT molecular complexity index is 876. The Morgan fingerprint density at radius 2 is 1.72 bits per heavy atom. The third kappa shape index (κ3) is 3.04. The zero-order valence-electron chi connectivity index (χ0n) is 16.9. The molecule has 152 valence electrons. The van der Waals surface area contributed by atoms with Gasteiger partial charge in [-0.3, -0.25) is 0 Å². The number of aliphatic hydroxyl groups is 1. The molecule has 1 unspecified atom stereocenters. The van der Waals surface area contributed by atoms with E-state index in [4.69, 9.17) is 4.74 Å². The number of hydrogen-bond acceptors (Lipinski definition) is 4. The van der Waals surface area contributed by atoms with E-state index < -0.39 is 0 Å². The number of rotatable bonds is 3. The van der Waals surface area contributed by atoms with Crippen LogP contribution in [0.4, 0.5) is 4.79 Å². The monoisotopic (exact) mass is 392 g/mol. The first-order valence-electron chi connectivity index (χ1n) is 10.5. The molecule has 0 aromatic heterocycles. The molecule has 2 fully saturated rings. The van der Waals surface area contributed by atoms with Gasteiger partial charge in [0.05, 0.1) is 0 Å². The minimum Gasteiger partial charge on any atom is -0.448 e.